The van der Waals surface area contributed by atoms with Crippen LogP contribution >= 0.6 is 11.3 Å². The van der Waals surface area contributed by atoms with Crippen molar-refractivity contribution in [2.75, 3.05) is 17.2 Å². The van der Waals surface area contributed by atoms with Crippen molar-refractivity contribution in [1.82, 2.24) is 20.9 Å². The Kier molecular flexibility index (Phi) is 10.5. The van der Waals surface area contributed by atoms with Crippen LogP contribution in [0.5, 0.6) is 0 Å². The molecule has 0 fully saturated rings. The van der Waals surface area contributed by atoms with Crippen molar-refractivity contribution in [1.29, 1.82) is 0 Å². The standard InChI is InChI=1S/C25H27N7O6S/c26-11-15-6-8-17(9-7-15)29-23(37)18(10-21(34)35)30-20(33)13-27-22(36)19-14-39-25(31-19)32-24(38)28-12-16-4-2-1-3-5-16/h1-9,14,18H,10-13,26H2,(H,27,36)(H,29,37)(H,30,33)(H,34,35)(H2,28,31,32,38). The highest BCUT2D eigenvalue weighted by atomic mass is 32.1. The minimum atomic E-state index is -1.38. The van der Waals surface area contributed by atoms with Crippen molar-refractivity contribution in [3.05, 3.63) is 76.8 Å². The van der Waals surface area contributed by atoms with E-state index in [-0.39, 0.29) is 10.8 Å². The minimum absolute atomic E-state index is 0.0353. The number of thiazole rings is 1. The first-order chi connectivity index (χ1) is 18.7. The first kappa shape index (κ1) is 28.7. The molecule has 3 rings (SSSR count). The van der Waals surface area contributed by atoms with Gasteiger partial charge in [0, 0.05) is 24.2 Å². The summed E-state index contributed by atoms with van der Waals surface area (Å²) in [5.41, 5.74) is 7.66. The van der Waals surface area contributed by atoms with Crippen LogP contribution in [0.15, 0.2) is 60.0 Å². The maximum absolute atomic E-state index is 12.6. The average Bonchev–Trinajstić information content (AvgIpc) is 3.39. The monoisotopic (exact) mass is 553 g/mol. The summed E-state index contributed by atoms with van der Waals surface area (Å²) in [5.74, 6) is -3.51. The fraction of sp³-hybridized carbons (Fsp3) is 0.200. The highest BCUT2D eigenvalue weighted by Crippen LogP contribution is 2.15. The number of benzene rings is 2. The molecule has 8 N–H and O–H groups in total. The molecule has 1 aromatic heterocycles. The third kappa shape index (κ3) is 9.53. The van der Waals surface area contributed by atoms with Gasteiger partial charge in [0.05, 0.1) is 13.0 Å². The van der Waals surface area contributed by atoms with Crippen molar-refractivity contribution < 1.29 is 29.1 Å². The highest BCUT2D eigenvalue weighted by molar-refractivity contribution is 7.14. The van der Waals surface area contributed by atoms with E-state index in [0.29, 0.717) is 18.8 Å². The second-order valence-corrected chi connectivity index (χ2v) is 8.98. The zero-order valence-electron chi connectivity index (χ0n) is 20.6. The molecular weight excluding hydrogens is 526 g/mol. The molecule has 0 aliphatic heterocycles. The van der Waals surface area contributed by atoms with Crippen LogP contribution in [-0.2, 0) is 27.5 Å². The Hall–Kier alpha value is -4.82. The van der Waals surface area contributed by atoms with Gasteiger partial charge >= 0.3 is 12.0 Å². The zero-order valence-corrected chi connectivity index (χ0v) is 21.4. The lowest BCUT2D eigenvalue weighted by Gasteiger charge is -2.17. The molecule has 5 amide bonds. The lowest BCUT2D eigenvalue weighted by Crippen LogP contribution is -2.48. The van der Waals surface area contributed by atoms with E-state index in [4.69, 9.17) is 10.8 Å². The lowest BCUT2D eigenvalue weighted by atomic mass is 10.1. The molecule has 204 valence electrons. The van der Waals surface area contributed by atoms with Gasteiger partial charge in [-0.2, -0.15) is 0 Å². The van der Waals surface area contributed by atoms with Crippen molar-refractivity contribution >= 4 is 51.9 Å². The molecule has 2 aromatic carbocycles. The van der Waals surface area contributed by atoms with E-state index in [1.807, 2.05) is 30.3 Å². The predicted octanol–water partition coefficient (Wildman–Crippen LogP) is 1.25. The molecule has 0 spiro atoms. The van der Waals surface area contributed by atoms with Crippen LogP contribution in [0.25, 0.3) is 0 Å². The number of hydrogen-bond donors (Lipinski definition) is 7. The molecule has 3 aromatic rings. The molecule has 14 heteroatoms. The average molecular weight is 554 g/mol. The molecule has 1 atom stereocenters. The summed E-state index contributed by atoms with van der Waals surface area (Å²) in [6.07, 6.45) is -0.667. The number of carboxylic acids is 1. The van der Waals surface area contributed by atoms with Gasteiger partial charge < -0.3 is 32.1 Å². The van der Waals surface area contributed by atoms with Gasteiger partial charge in [-0.15, -0.1) is 11.3 Å². The van der Waals surface area contributed by atoms with Crippen molar-refractivity contribution in [3.63, 3.8) is 0 Å². The van der Waals surface area contributed by atoms with Crippen molar-refractivity contribution in [2.24, 2.45) is 5.73 Å². The Morgan fingerprint density at radius 1 is 0.923 bits per heavy atom. The third-order valence-electron chi connectivity index (χ3n) is 5.15. The number of nitrogens with one attached hydrogen (secondary N) is 5. The molecule has 0 radical (unpaired) electrons. The first-order valence-electron chi connectivity index (χ1n) is 11.7. The van der Waals surface area contributed by atoms with Crippen LogP contribution in [0, 0.1) is 0 Å². The number of aromatic nitrogens is 1. The van der Waals surface area contributed by atoms with E-state index < -0.39 is 48.7 Å². The van der Waals surface area contributed by atoms with Crippen LogP contribution < -0.4 is 32.3 Å². The molecule has 39 heavy (non-hydrogen) atoms. The number of amides is 5. The number of nitrogens with two attached hydrogens (primary N) is 1. The highest BCUT2D eigenvalue weighted by Gasteiger charge is 2.24. The van der Waals surface area contributed by atoms with Gasteiger partial charge in [-0.05, 0) is 23.3 Å². The number of rotatable bonds is 12. The number of urea groups is 1. The molecular formula is C25H27N7O6S. The maximum Gasteiger partial charge on any atom is 0.321 e. The number of hydrogen-bond acceptors (Lipinski definition) is 8. The SMILES string of the molecule is NCc1ccc(NC(=O)C(CC(=O)O)NC(=O)CNC(=O)c2csc(NC(=O)NCc3ccccc3)n2)cc1. The molecule has 0 aliphatic carbocycles. The number of carboxylic acid groups (broad SMARTS) is 1. The maximum atomic E-state index is 12.6. The van der Waals surface area contributed by atoms with Gasteiger partial charge in [-0.1, -0.05) is 42.5 Å². The molecule has 1 heterocycles. The molecule has 0 aliphatic rings. The smallest absolute Gasteiger partial charge is 0.321 e. The Morgan fingerprint density at radius 3 is 2.31 bits per heavy atom. The van der Waals surface area contributed by atoms with Gasteiger partial charge in [0.1, 0.15) is 11.7 Å². The molecule has 1 unspecified atom stereocenters. The first-order valence-corrected chi connectivity index (χ1v) is 12.5. The largest absolute Gasteiger partial charge is 0.481 e. The van der Waals surface area contributed by atoms with Crippen LogP contribution in [0.2, 0.25) is 0 Å². The summed E-state index contributed by atoms with van der Waals surface area (Å²) >= 11 is 1.02. The van der Waals surface area contributed by atoms with Gasteiger partial charge in [0.25, 0.3) is 5.91 Å². The van der Waals surface area contributed by atoms with E-state index in [0.717, 1.165) is 22.5 Å². The van der Waals surface area contributed by atoms with Gasteiger partial charge in [-0.3, -0.25) is 24.5 Å². The van der Waals surface area contributed by atoms with Gasteiger partial charge in [0.2, 0.25) is 11.8 Å². The van der Waals surface area contributed by atoms with Gasteiger partial charge in [-0.25, -0.2) is 9.78 Å². The molecule has 0 bridgehead atoms. The second-order valence-electron chi connectivity index (χ2n) is 8.12. The summed E-state index contributed by atoms with van der Waals surface area (Å²) in [7, 11) is 0. The summed E-state index contributed by atoms with van der Waals surface area (Å²) in [4.78, 5) is 64.6. The quantitative estimate of drug-likeness (QED) is 0.173. The zero-order chi connectivity index (χ0) is 28.2. The van der Waals surface area contributed by atoms with E-state index in [1.165, 1.54) is 5.38 Å². The predicted molar refractivity (Wildman–Crippen MR) is 144 cm³/mol. The molecule has 0 saturated carbocycles. The number of aliphatic carboxylic acids is 1. The number of nitrogens with zero attached hydrogens (tertiary/aromatic N) is 1. The number of carbonyl (C=O) groups is 5. The van der Waals surface area contributed by atoms with E-state index in [2.05, 4.69) is 31.6 Å². The number of anilines is 2. The van der Waals surface area contributed by atoms with E-state index in [1.54, 1.807) is 24.3 Å². The Morgan fingerprint density at radius 2 is 1.64 bits per heavy atom. The fourth-order valence-corrected chi connectivity index (χ4v) is 3.87. The lowest BCUT2D eigenvalue weighted by molar-refractivity contribution is -0.139. The van der Waals surface area contributed by atoms with Crippen LogP contribution in [0.4, 0.5) is 15.6 Å². The van der Waals surface area contributed by atoms with E-state index >= 15 is 0 Å². The Balaban J connectivity index is 1.47. The normalized spacial score (nSPS) is 11.1. The Bertz CT molecular complexity index is 1310. The summed E-state index contributed by atoms with van der Waals surface area (Å²) < 4.78 is 0. The second kappa shape index (κ2) is 14.2. The summed E-state index contributed by atoms with van der Waals surface area (Å²) in [6, 6.07) is 14.0. The topological polar surface area (TPSA) is 205 Å². The molecule has 0 saturated heterocycles. The summed E-state index contributed by atoms with van der Waals surface area (Å²) in [6.45, 7) is 0.0910. The summed E-state index contributed by atoms with van der Waals surface area (Å²) in [5, 5.41) is 23.1. The van der Waals surface area contributed by atoms with Crippen LogP contribution in [0.3, 0.4) is 0 Å². The molecule has 13 nitrogen and oxygen atoms in total. The fourth-order valence-electron chi connectivity index (χ4n) is 3.19. The van der Waals surface area contributed by atoms with Crippen molar-refractivity contribution in [2.45, 2.75) is 25.6 Å². The van der Waals surface area contributed by atoms with E-state index in [9.17, 15) is 24.0 Å². The minimum Gasteiger partial charge on any atom is -0.481 e. The number of carbonyl (C=O) groups excluding carboxylic acids is 4. The van der Waals surface area contributed by atoms with Crippen LogP contribution in [0.1, 0.15) is 28.0 Å². The van der Waals surface area contributed by atoms with Crippen molar-refractivity contribution in [3.8, 4) is 0 Å². The van der Waals surface area contributed by atoms with Crippen LogP contribution in [-0.4, -0.2) is 52.4 Å². The Labute approximate surface area is 227 Å². The van der Waals surface area contributed by atoms with Gasteiger partial charge in [0.15, 0.2) is 5.13 Å². The third-order valence-corrected chi connectivity index (χ3v) is 5.91.